The standard InChI is InChI=1S/C10H14N4O/c1-3-4-5-6-7-9(15)12-10-13-11-8-14(10)2/h1,8H,4-7H2,2H3,(H,12,13,15). The molecule has 0 bridgehead atoms. The van der Waals surface area contributed by atoms with Gasteiger partial charge in [0.1, 0.15) is 6.33 Å². The van der Waals surface area contributed by atoms with E-state index < -0.39 is 0 Å². The van der Waals surface area contributed by atoms with Crippen LogP contribution in [0.5, 0.6) is 0 Å². The van der Waals surface area contributed by atoms with Crippen LogP contribution in [0.15, 0.2) is 6.33 Å². The molecule has 5 heteroatoms. The first-order valence-corrected chi connectivity index (χ1v) is 4.81. The van der Waals surface area contributed by atoms with Gasteiger partial charge in [-0.15, -0.1) is 22.5 Å². The zero-order valence-corrected chi connectivity index (χ0v) is 8.73. The third-order valence-electron chi connectivity index (χ3n) is 1.94. The maximum atomic E-state index is 11.4. The van der Waals surface area contributed by atoms with Crippen LogP contribution in [0.4, 0.5) is 5.95 Å². The number of hydrogen-bond donors (Lipinski definition) is 1. The molecule has 1 N–H and O–H groups in total. The molecule has 0 radical (unpaired) electrons. The predicted octanol–water partition coefficient (Wildman–Crippen LogP) is 0.947. The number of terminal acetylenes is 1. The second kappa shape index (κ2) is 5.81. The van der Waals surface area contributed by atoms with E-state index in [1.165, 1.54) is 6.33 Å². The summed E-state index contributed by atoms with van der Waals surface area (Å²) in [7, 11) is 1.77. The Morgan fingerprint density at radius 3 is 3.07 bits per heavy atom. The van der Waals surface area contributed by atoms with Crippen molar-refractivity contribution in [2.45, 2.75) is 25.7 Å². The molecule has 0 aromatic carbocycles. The molecule has 0 aliphatic carbocycles. The van der Waals surface area contributed by atoms with Crippen molar-refractivity contribution in [1.29, 1.82) is 0 Å². The highest BCUT2D eigenvalue weighted by atomic mass is 16.1. The van der Waals surface area contributed by atoms with Crippen molar-refractivity contribution in [2.75, 3.05) is 5.32 Å². The number of hydrogen-bond acceptors (Lipinski definition) is 3. The Kier molecular flexibility index (Phi) is 4.35. The SMILES string of the molecule is C#CCCCCC(=O)Nc1nncn1C. The number of nitrogens with one attached hydrogen (secondary N) is 1. The number of carbonyl (C=O) groups is 1. The molecule has 0 fully saturated rings. The minimum atomic E-state index is -0.0527. The minimum Gasteiger partial charge on any atom is -0.303 e. The Balaban J connectivity index is 2.25. The van der Waals surface area contributed by atoms with E-state index in [1.807, 2.05) is 0 Å². The average Bonchev–Trinajstić information content (AvgIpc) is 2.59. The summed E-state index contributed by atoms with van der Waals surface area (Å²) in [5, 5.41) is 10.1. The zero-order valence-electron chi connectivity index (χ0n) is 8.73. The Morgan fingerprint density at radius 2 is 2.47 bits per heavy atom. The maximum Gasteiger partial charge on any atom is 0.230 e. The molecule has 5 nitrogen and oxygen atoms in total. The number of amides is 1. The molecule has 80 valence electrons. The molecular weight excluding hydrogens is 192 g/mol. The topological polar surface area (TPSA) is 59.8 Å². The molecule has 1 heterocycles. The summed E-state index contributed by atoms with van der Waals surface area (Å²) in [5.41, 5.74) is 0. The molecule has 0 unspecified atom stereocenters. The molecule has 0 spiro atoms. The van der Waals surface area contributed by atoms with Gasteiger partial charge in [0, 0.05) is 19.9 Å². The van der Waals surface area contributed by atoms with Crippen LogP contribution in [-0.2, 0) is 11.8 Å². The van der Waals surface area contributed by atoms with Crippen LogP contribution >= 0.6 is 0 Å². The first kappa shape index (κ1) is 11.2. The Hall–Kier alpha value is -1.83. The van der Waals surface area contributed by atoms with Gasteiger partial charge in [-0.3, -0.25) is 10.1 Å². The van der Waals surface area contributed by atoms with E-state index in [0.717, 1.165) is 19.3 Å². The van der Waals surface area contributed by atoms with Gasteiger partial charge in [0.2, 0.25) is 11.9 Å². The van der Waals surface area contributed by atoms with E-state index in [9.17, 15) is 4.79 Å². The summed E-state index contributed by atoms with van der Waals surface area (Å²) in [5.74, 6) is 2.95. The van der Waals surface area contributed by atoms with E-state index in [1.54, 1.807) is 11.6 Å². The third kappa shape index (κ3) is 3.81. The van der Waals surface area contributed by atoms with Crippen molar-refractivity contribution >= 4 is 11.9 Å². The second-order valence-corrected chi connectivity index (χ2v) is 3.22. The maximum absolute atomic E-state index is 11.4. The lowest BCUT2D eigenvalue weighted by Gasteiger charge is -2.02. The number of nitrogens with zero attached hydrogens (tertiary/aromatic N) is 3. The lowest BCUT2D eigenvalue weighted by atomic mass is 10.2. The predicted molar refractivity (Wildman–Crippen MR) is 56.9 cm³/mol. The molecule has 1 aromatic rings. The number of unbranched alkanes of at least 4 members (excludes halogenated alkanes) is 2. The fourth-order valence-electron chi connectivity index (χ4n) is 1.10. The van der Waals surface area contributed by atoms with Crippen LogP contribution in [0.3, 0.4) is 0 Å². The van der Waals surface area contributed by atoms with Crippen LogP contribution in [-0.4, -0.2) is 20.7 Å². The van der Waals surface area contributed by atoms with E-state index in [-0.39, 0.29) is 5.91 Å². The molecule has 0 saturated carbocycles. The molecule has 0 saturated heterocycles. The summed E-state index contributed by atoms with van der Waals surface area (Å²) in [6, 6.07) is 0. The minimum absolute atomic E-state index is 0.0527. The van der Waals surface area contributed by atoms with Crippen LogP contribution in [0.1, 0.15) is 25.7 Å². The lowest BCUT2D eigenvalue weighted by molar-refractivity contribution is -0.116. The van der Waals surface area contributed by atoms with Gasteiger partial charge in [0.25, 0.3) is 0 Å². The highest BCUT2D eigenvalue weighted by molar-refractivity contribution is 5.88. The Labute approximate surface area is 88.9 Å². The van der Waals surface area contributed by atoms with Gasteiger partial charge in [-0.2, -0.15) is 0 Å². The average molecular weight is 206 g/mol. The van der Waals surface area contributed by atoms with Crippen molar-refractivity contribution < 1.29 is 4.79 Å². The smallest absolute Gasteiger partial charge is 0.230 e. The van der Waals surface area contributed by atoms with Gasteiger partial charge in [0.05, 0.1) is 0 Å². The number of rotatable bonds is 5. The van der Waals surface area contributed by atoms with E-state index in [4.69, 9.17) is 6.42 Å². The third-order valence-corrected chi connectivity index (χ3v) is 1.94. The normalized spacial score (nSPS) is 9.60. The number of anilines is 1. The van der Waals surface area contributed by atoms with Crippen LogP contribution in [0.2, 0.25) is 0 Å². The monoisotopic (exact) mass is 206 g/mol. The summed E-state index contributed by atoms with van der Waals surface area (Å²) in [6.45, 7) is 0. The second-order valence-electron chi connectivity index (χ2n) is 3.22. The molecule has 0 aliphatic rings. The van der Waals surface area contributed by atoms with Crippen LogP contribution in [0, 0.1) is 12.3 Å². The summed E-state index contributed by atoms with van der Waals surface area (Å²) < 4.78 is 1.65. The lowest BCUT2D eigenvalue weighted by Crippen LogP contribution is -2.14. The molecule has 15 heavy (non-hydrogen) atoms. The molecule has 1 aromatic heterocycles. The van der Waals surface area contributed by atoms with Gasteiger partial charge in [0.15, 0.2) is 0 Å². The largest absolute Gasteiger partial charge is 0.303 e. The molecular formula is C10H14N4O. The summed E-state index contributed by atoms with van der Waals surface area (Å²) in [6.07, 6.45) is 9.50. The van der Waals surface area contributed by atoms with Crippen molar-refractivity contribution in [3.63, 3.8) is 0 Å². The molecule has 1 rings (SSSR count). The van der Waals surface area contributed by atoms with Gasteiger partial charge in [-0.05, 0) is 12.8 Å². The van der Waals surface area contributed by atoms with E-state index >= 15 is 0 Å². The van der Waals surface area contributed by atoms with Crippen molar-refractivity contribution in [3.8, 4) is 12.3 Å². The molecule has 0 aliphatic heterocycles. The van der Waals surface area contributed by atoms with E-state index in [0.29, 0.717) is 12.4 Å². The highest BCUT2D eigenvalue weighted by Gasteiger charge is 2.05. The Bertz CT molecular complexity index is 364. The zero-order chi connectivity index (χ0) is 11.1. The summed E-state index contributed by atoms with van der Waals surface area (Å²) >= 11 is 0. The quantitative estimate of drug-likeness (QED) is 0.576. The number of aryl methyl sites for hydroxylation is 1. The fraction of sp³-hybridized carbons (Fsp3) is 0.500. The number of carbonyl (C=O) groups excluding carboxylic acids is 1. The van der Waals surface area contributed by atoms with Gasteiger partial charge in [-0.1, -0.05) is 0 Å². The van der Waals surface area contributed by atoms with Gasteiger partial charge >= 0.3 is 0 Å². The molecule has 1 amide bonds. The van der Waals surface area contributed by atoms with E-state index in [2.05, 4.69) is 21.4 Å². The van der Waals surface area contributed by atoms with Crippen molar-refractivity contribution in [3.05, 3.63) is 6.33 Å². The first-order chi connectivity index (χ1) is 7.24. The Morgan fingerprint density at radius 1 is 1.67 bits per heavy atom. The van der Waals surface area contributed by atoms with Gasteiger partial charge < -0.3 is 4.57 Å². The van der Waals surface area contributed by atoms with Gasteiger partial charge in [-0.25, -0.2) is 0 Å². The van der Waals surface area contributed by atoms with Crippen molar-refractivity contribution in [2.24, 2.45) is 7.05 Å². The molecule has 0 atom stereocenters. The summed E-state index contributed by atoms with van der Waals surface area (Å²) in [4.78, 5) is 11.4. The highest BCUT2D eigenvalue weighted by Crippen LogP contribution is 2.03. The van der Waals surface area contributed by atoms with Crippen LogP contribution < -0.4 is 5.32 Å². The first-order valence-electron chi connectivity index (χ1n) is 4.81. The van der Waals surface area contributed by atoms with Crippen LogP contribution in [0.25, 0.3) is 0 Å². The fourth-order valence-corrected chi connectivity index (χ4v) is 1.10. The number of aromatic nitrogens is 3. The van der Waals surface area contributed by atoms with Crippen molar-refractivity contribution in [1.82, 2.24) is 14.8 Å².